The number of halogens is 2. The highest BCUT2D eigenvalue weighted by Crippen LogP contribution is 2.20. The first-order valence-corrected chi connectivity index (χ1v) is 7.89. The molecule has 0 spiro atoms. The molecule has 0 aliphatic carbocycles. The number of rotatable bonds is 4. The Kier molecular flexibility index (Phi) is 4.53. The van der Waals surface area contributed by atoms with Crippen LogP contribution in [0.3, 0.4) is 0 Å². The quantitative estimate of drug-likeness (QED) is 0.505. The molecule has 0 atom stereocenters. The molecule has 0 bridgehead atoms. The third-order valence-electron chi connectivity index (χ3n) is 2.90. The van der Waals surface area contributed by atoms with E-state index in [9.17, 15) is 0 Å². The second-order valence-corrected chi connectivity index (χ2v) is 6.01. The van der Waals surface area contributed by atoms with E-state index in [1.807, 2.05) is 24.3 Å². The Labute approximate surface area is 145 Å². The van der Waals surface area contributed by atoms with Gasteiger partial charge in [0.25, 0.3) is 0 Å². The summed E-state index contributed by atoms with van der Waals surface area (Å²) in [6.45, 7) is 2.40. The van der Waals surface area contributed by atoms with Crippen LogP contribution in [0.5, 0.6) is 0 Å². The summed E-state index contributed by atoms with van der Waals surface area (Å²) in [5.41, 5.74) is 1.99. The lowest BCUT2D eigenvalue weighted by Crippen LogP contribution is -2.04. The van der Waals surface area contributed by atoms with Crippen LogP contribution in [0.1, 0.15) is 11.5 Å². The Morgan fingerprint density at radius 1 is 1.23 bits per heavy atom. The average Bonchev–Trinajstić information content (AvgIpc) is 2.95. The third kappa shape index (κ3) is 3.53. The van der Waals surface area contributed by atoms with Gasteiger partial charge < -0.3 is 9.73 Å². The molecule has 6 nitrogen and oxygen atoms in total. The zero-order chi connectivity index (χ0) is 15.5. The van der Waals surface area contributed by atoms with E-state index < -0.39 is 0 Å². The summed E-state index contributed by atoms with van der Waals surface area (Å²) in [5.74, 6) is 1.79. The van der Waals surface area contributed by atoms with Gasteiger partial charge in [0.15, 0.2) is 0 Å². The van der Waals surface area contributed by atoms with Crippen LogP contribution in [-0.2, 0) is 6.54 Å². The van der Waals surface area contributed by atoms with Crippen molar-refractivity contribution >= 4 is 40.0 Å². The Hall–Kier alpha value is -1.74. The molecule has 1 N–H and O–H groups in total. The lowest BCUT2D eigenvalue weighted by Gasteiger charge is -2.07. The van der Waals surface area contributed by atoms with Gasteiger partial charge in [0.05, 0.1) is 3.57 Å². The molecule has 0 aliphatic rings. The molecule has 8 heteroatoms. The first-order chi connectivity index (χ1) is 10.6. The fourth-order valence-corrected chi connectivity index (χ4v) is 2.42. The third-order valence-corrected chi connectivity index (χ3v) is 3.87. The van der Waals surface area contributed by atoms with Crippen LogP contribution in [0.25, 0.3) is 11.5 Å². The molecule has 22 heavy (non-hydrogen) atoms. The highest BCUT2D eigenvalue weighted by atomic mass is 127. The Morgan fingerprint density at radius 2 is 2.00 bits per heavy atom. The van der Waals surface area contributed by atoms with Crippen LogP contribution < -0.4 is 5.32 Å². The summed E-state index contributed by atoms with van der Waals surface area (Å²) in [6.07, 6.45) is 1.68. The molecule has 112 valence electrons. The fourth-order valence-electron chi connectivity index (χ4n) is 1.83. The van der Waals surface area contributed by atoms with E-state index in [2.05, 4.69) is 48.1 Å². The number of nitrogens with zero attached hydrogens (tertiary/aromatic N) is 4. The van der Waals surface area contributed by atoms with Crippen LogP contribution in [0.15, 0.2) is 34.9 Å². The van der Waals surface area contributed by atoms with Gasteiger partial charge in [-0.25, -0.2) is 4.98 Å². The zero-order valence-corrected chi connectivity index (χ0v) is 14.5. The lowest BCUT2D eigenvalue weighted by atomic mass is 10.1. The largest absolute Gasteiger partial charge is 0.421 e. The first-order valence-electron chi connectivity index (χ1n) is 6.43. The second kappa shape index (κ2) is 6.57. The minimum Gasteiger partial charge on any atom is -0.421 e. The molecule has 0 radical (unpaired) electrons. The van der Waals surface area contributed by atoms with Crippen LogP contribution in [0.2, 0.25) is 5.28 Å². The number of aryl methyl sites for hydroxylation is 1. The number of hydrogen-bond acceptors (Lipinski definition) is 6. The van der Waals surface area contributed by atoms with Crippen LogP contribution >= 0.6 is 34.2 Å². The van der Waals surface area contributed by atoms with E-state index >= 15 is 0 Å². The van der Waals surface area contributed by atoms with Crippen molar-refractivity contribution in [3.63, 3.8) is 0 Å². The molecule has 0 aliphatic heterocycles. The molecule has 2 heterocycles. The summed E-state index contributed by atoms with van der Waals surface area (Å²) in [6, 6.07) is 7.89. The molecule has 0 amide bonds. The van der Waals surface area contributed by atoms with Crippen LogP contribution in [0, 0.1) is 10.5 Å². The average molecular weight is 428 g/mol. The number of aromatic nitrogens is 4. The predicted molar refractivity (Wildman–Crippen MR) is 91.6 cm³/mol. The van der Waals surface area contributed by atoms with Crippen molar-refractivity contribution in [2.45, 2.75) is 13.5 Å². The van der Waals surface area contributed by atoms with E-state index in [0.29, 0.717) is 18.3 Å². The molecule has 0 unspecified atom stereocenters. The van der Waals surface area contributed by atoms with Gasteiger partial charge in [0, 0.05) is 25.2 Å². The monoisotopic (exact) mass is 427 g/mol. The van der Waals surface area contributed by atoms with Gasteiger partial charge in [-0.05, 0) is 51.9 Å². The van der Waals surface area contributed by atoms with Crippen LogP contribution in [0.4, 0.5) is 5.82 Å². The minimum absolute atomic E-state index is 0.227. The lowest BCUT2D eigenvalue weighted by molar-refractivity contribution is 0.533. The summed E-state index contributed by atoms with van der Waals surface area (Å²) >= 11 is 7.96. The van der Waals surface area contributed by atoms with E-state index in [1.165, 1.54) is 0 Å². The molecule has 3 aromatic rings. The molecule has 0 saturated carbocycles. The van der Waals surface area contributed by atoms with Crippen LogP contribution in [-0.4, -0.2) is 20.2 Å². The highest BCUT2D eigenvalue weighted by molar-refractivity contribution is 14.1. The van der Waals surface area contributed by atoms with Crippen molar-refractivity contribution in [3.8, 4) is 11.5 Å². The standard InChI is InChI=1S/C14H11ClIN5O/c1-8-20-21-13(22-8)10-4-2-9(3-5-10)6-17-12-11(16)7-18-14(15)19-12/h2-5,7H,6H2,1H3,(H,17,18,19). The molecule has 0 fully saturated rings. The van der Waals surface area contributed by atoms with Crippen molar-refractivity contribution in [2.24, 2.45) is 0 Å². The molecule has 1 aromatic carbocycles. The highest BCUT2D eigenvalue weighted by Gasteiger charge is 2.06. The molecule has 0 saturated heterocycles. The number of anilines is 1. The Morgan fingerprint density at radius 3 is 2.68 bits per heavy atom. The zero-order valence-electron chi connectivity index (χ0n) is 11.5. The molecular formula is C14H11ClIN5O. The fraction of sp³-hybridized carbons (Fsp3) is 0.143. The predicted octanol–water partition coefficient (Wildman–Crippen LogP) is 3.71. The topological polar surface area (TPSA) is 76.7 Å². The molecule has 2 aromatic heterocycles. The van der Waals surface area contributed by atoms with Crippen molar-refractivity contribution in [1.29, 1.82) is 0 Å². The smallest absolute Gasteiger partial charge is 0.247 e. The van der Waals surface area contributed by atoms with Gasteiger partial charge in [0.1, 0.15) is 5.82 Å². The second-order valence-electron chi connectivity index (χ2n) is 4.51. The summed E-state index contributed by atoms with van der Waals surface area (Å²) in [5, 5.41) is 11.3. The van der Waals surface area contributed by atoms with Crippen molar-refractivity contribution in [3.05, 3.63) is 50.8 Å². The maximum absolute atomic E-state index is 5.80. The summed E-state index contributed by atoms with van der Waals surface area (Å²) in [4.78, 5) is 8.08. The van der Waals surface area contributed by atoms with Crippen molar-refractivity contribution < 1.29 is 4.42 Å². The van der Waals surface area contributed by atoms with E-state index in [-0.39, 0.29) is 5.28 Å². The summed E-state index contributed by atoms with van der Waals surface area (Å²) in [7, 11) is 0. The minimum atomic E-state index is 0.227. The number of nitrogens with one attached hydrogen (secondary N) is 1. The Balaban J connectivity index is 1.70. The Bertz CT molecular complexity index is 790. The first kappa shape index (κ1) is 15.2. The van der Waals surface area contributed by atoms with E-state index in [1.54, 1.807) is 13.1 Å². The maximum Gasteiger partial charge on any atom is 0.247 e. The van der Waals surface area contributed by atoms with Gasteiger partial charge in [0.2, 0.25) is 17.1 Å². The van der Waals surface area contributed by atoms with Crippen molar-refractivity contribution in [1.82, 2.24) is 20.2 Å². The molecular weight excluding hydrogens is 417 g/mol. The summed E-state index contributed by atoms with van der Waals surface area (Å²) < 4.78 is 6.31. The maximum atomic E-state index is 5.80. The SMILES string of the molecule is Cc1nnc(-c2ccc(CNc3nc(Cl)ncc3I)cc2)o1. The van der Waals surface area contributed by atoms with E-state index in [0.717, 1.165) is 20.5 Å². The van der Waals surface area contributed by atoms with Gasteiger partial charge in [-0.2, -0.15) is 4.98 Å². The van der Waals surface area contributed by atoms with Gasteiger partial charge >= 0.3 is 0 Å². The molecule has 3 rings (SSSR count). The number of hydrogen-bond donors (Lipinski definition) is 1. The van der Waals surface area contributed by atoms with Gasteiger partial charge in [-0.15, -0.1) is 10.2 Å². The van der Waals surface area contributed by atoms with E-state index in [4.69, 9.17) is 16.0 Å². The van der Waals surface area contributed by atoms with Gasteiger partial charge in [-0.3, -0.25) is 0 Å². The normalized spacial score (nSPS) is 10.7. The number of benzene rings is 1. The van der Waals surface area contributed by atoms with Crippen molar-refractivity contribution in [2.75, 3.05) is 5.32 Å². The van der Waals surface area contributed by atoms with Gasteiger partial charge in [-0.1, -0.05) is 12.1 Å².